The lowest BCUT2D eigenvalue weighted by Crippen LogP contribution is -1.99. The van der Waals surface area contributed by atoms with Crippen LogP contribution in [0.2, 0.25) is 0 Å². The van der Waals surface area contributed by atoms with Crippen molar-refractivity contribution < 1.29 is 0 Å². The Morgan fingerprint density at radius 2 is 0.848 bits per heavy atom. The molecule has 1 aromatic carbocycles. The Labute approximate surface area is 209 Å². The van der Waals surface area contributed by atoms with Crippen molar-refractivity contribution in [2.75, 3.05) is 0 Å². The monoisotopic (exact) mass is 455 g/mol. The molecule has 0 aromatic heterocycles. The second kappa shape index (κ2) is 23.0. The summed E-state index contributed by atoms with van der Waals surface area (Å²) in [5.41, 5.74) is 4.72. The molecule has 0 bridgehead atoms. The molecule has 0 fully saturated rings. The first kappa shape index (κ1) is 30.3. The number of aryl methyl sites for hydroxylation is 3. The lowest BCUT2D eigenvalue weighted by molar-refractivity contribution is 0.582. The average molecular weight is 456 g/mol. The van der Waals surface area contributed by atoms with Gasteiger partial charge in [-0.3, -0.25) is 0 Å². The van der Waals surface area contributed by atoms with E-state index in [4.69, 9.17) is 0 Å². The first-order chi connectivity index (χ1) is 16.3. The van der Waals surface area contributed by atoms with Gasteiger partial charge in [0.15, 0.2) is 0 Å². The van der Waals surface area contributed by atoms with Crippen molar-refractivity contribution >= 4 is 0 Å². The molecule has 0 aliphatic rings. The summed E-state index contributed by atoms with van der Waals surface area (Å²) in [5.74, 6) is 0. The molecular weight excluding hydrogens is 396 g/mol. The highest BCUT2D eigenvalue weighted by molar-refractivity contribution is 5.31. The summed E-state index contributed by atoms with van der Waals surface area (Å²) >= 11 is 0. The van der Waals surface area contributed by atoms with Crippen LogP contribution >= 0.6 is 0 Å². The minimum atomic E-state index is 1.25. The molecule has 0 heteroatoms. The van der Waals surface area contributed by atoms with Gasteiger partial charge in [-0.2, -0.15) is 0 Å². The number of benzene rings is 1. The Morgan fingerprint density at radius 3 is 1.33 bits per heavy atom. The summed E-state index contributed by atoms with van der Waals surface area (Å²) in [4.78, 5) is 0. The fraction of sp³-hybridized carbons (Fsp3) is 0.818. The molecular formula is C33H59. The Bertz CT molecular complexity index is 529. The molecule has 0 amide bonds. The van der Waals surface area contributed by atoms with Gasteiger partial charge in [0.25, 0.3) is 0 Å². The van der Waals surface area contributed by atoms with Crippen molar-refractivity contribution in [3.05, 3.63) is 34.9 Å². The van der Waals surface area contributed by atoms with Crippen molar-refractivity contribution in [3.8, 4) is 0 Å². The largest absolute Gasteiger partial charge is 0.0654 e. The van der Waals surface area contributed by atoms with Crippen molar-refractivity contribution in [1.29, 1.82) is 0 Å². The van der Waals surface area contributed by atoms with E-state index in [9.17, 15) is 0 Å². The van der Waals surface area contributed by atoms with Crippen molar-refractivity contribution in [1.82, 2.24) is 0 Å². The standard InChI is InChI=1S/C33H59/c1-4-7-10-13-16-19-22-25-31-28-29-32(26-23-20-17-14-11-8-5-2)33(30-31)27-24-21-18-15-12-9-6-3/h28,30H,4-27H2,1-3H3. The average Bonchev–Trinajstić information content (AvgIpc) is 2.83. The van der Waals surface area contributed by atoms with E-state index in [1.807, 2.05) is 0 Å². The first-order valence-corrected chi connectivity index (χ1v) is 15.3. The smallest absolute Gasteiger partial charge is 0.0143 e. The van der Waals surface area contributed by atoms with E-state index in [0.29, 0.717) is 0 Å². The van der Waals surface area contributed by atoms with Crippen LogP contribution in [0.5, 0.6) is 0 Å². The van der Waals surface area contributed by atoms with Crippen LogP contribution in [0, 0.1) is 6.07 Å². The second-order valence-electron chi connectivity index (χ2n) is 10.6. The summed E-state index contributed by atoms with van der Waals surface area (Å²) in [5, 5.41) is 0. The molecule has 0 N–H and O–H groups in total. The van der Waals surface area contributed by atoms with E-state index in [-0.39, 0.29) is 0 Å². The van der Waals surface area contributed by atoms with Gasteiger partial charge in [-0.05, 0) is 61.3 Å². The van der Waals surface area contributed by atoms with Crippen LogP contribution in [0.1, 0.15) is 172 Å². The lowest BCUT2D eigenvalue weighted by atomic mass is 9.93. The molecule has 0 heterocycles. The van der Waals surface area contributed by atoms with Crippen LogP contribution in [0.3, 0.4) is 0 Å². The maximum atomic E-state index is 3.75. The van der Waals surface area contributed by atoms with Gasteiger partial charge >= 0.3 is 0 Å². The van der Waals surface area contributed by atoms with Gasteiger partial charge in [0.2, 0.25) is 0 Å². The molecule has 191 valence electrons. The molecule has 33 heavy (non-hydrogen) atoms. The number of hydrogen-bond donors (Lipinski definition) is 0. The Balaban J connectivity index is 2.44. The summed E-state index contributed by atoms with van der Waals surface area (Å²) in [6, 6.07) is 8.66. The SMILES string of the molecule is CCCCCCCCCc1c[c]c(CCCCCCCCC)c(CCCCCCCCC)c1. The highest BCUT2D eigenvalue weighted by Crippen LogP contribution is 2.21. The second-order valence-corrected chi connectivity index (χ2v) is 10.6. The normalized spacial score (nSPS) is 11.4. The van der Waals surface area contributed by atoms with Crippen molar-refractivity contribution in [2.24, 2.45) is 0 Å². The summed E-state index contributed by atoms with van der Waals surface area (Å²) < 4.78 is 0. The first-order valence-electron chi connectivity index (χ1n) is 15.3. The van der Waals surface area contributed by atoms with Gasteiger partial charge in [-0.25, -0.2) is 0 Å². The van der Waals surface area contributed by atoms with Gasteiger partial charge in [0.1, 0.15) is 0 Å². The zero-order valence-electron chi connectivity index (χ0n) is 23.1. The fourth-order valence-corrected chi connectivity index (χ4v) is 5.04. The minimum absolute atomic E-state index is 1.25. The Hall–Kier alpha value is -0.780. The van der Waals surface area contributed by atoms with Gasteiger partial charge in [-0.1, -0.05) is 148 Å². The van der Waals surface area contributed by atoms with Crippen molar-refractivity contribution in [2.45, 2.75) is 175 Å². The molecule has 1 radical (unpaired) electrons. The third kappa shape index (κ3) is 17.3. The molecule has 1 rings (SSSR count). The highest BCUT2D eigenvalue weighted by atomic mass is 14.1. The number of hydrogen-bond acceptors (Lipinski definition) is 0. The molecule has 0 nitrogen and oxygen atoms in total. The van der Waals surface area contributed by atoms with E-state index >= 15 is 0 Å². The third-order valence-electron chi connectivity index (χ3n) is 7.33. The quantitative estimate of drug-likeness (QED) is 0.136. The Morgan fingerprint density at radius 1 is 0.455 bits per heavy atom. The van der Waals surface area contributed by atoms with E-state index < -0.39 is 0 Å². The van der Waals surface area contributed by atoms with Crippen LogP contribution in [-0.4, -0.2) is 0 Å². The fourth-order valence-electron chi connectivity index (χ4n) is 5.04. The predicted molar refractivity (Wildman–Crippen MR) is 150 cm³/mol. The zero-order chi connectivity index (χ0) is 23.8. The van der Waals surface area contributed by atoms with Gasteiger partial charge in [-0.15, -0.1) is 0 Å². The minimum Gasteiger partial charge on any atom is -0.0654 e. The zero-order valence-corrected chi connectivity index (χ0v) is 23.1. The molecule has 0 saturated carbocycles. The number of rotatable bonds is 24. The predicted octanol–water partition coefficient (Wildman–Crippen LogP) is 11.4. The highest BCUT2D eigenvalue weighted by Gasteiger charge is 2.06. The van der Waals surface area contributed by atoms with Crippen LogP contribution < -0.4 is 0 Å². The molecule has 0 aliphatic heterocycles. The topological polar surface area (TPSA) is 0 Å². The van der Waals surface area contributed by atoms with E-state index in [2.05, 4.69) is 39.0 Å². The van der Waals surface area contributed by atoms with Crippen LogP contribution in [0.4, 0.5) is 0 Å². The maximum absolute atomic E-state index is 3.75. The summed E-state index contributed by atoms with van der Waals surface area (Å²) in [6.07, 6.45) is 33.2. The maximum Gasteiger partial charge on any atom is -0.0143 e. The molecule has 0 spiro atoms. The van der Waals surface area contributed by atoms with E-state index in [1.54, 1.807) is 11.1 Å². The van der Waals surface area contributed by atoms with Crippen LogP contribution in [0.15, 0.2) is 12.1 Å². The third-order valence-corrected chi connectivity index (χ3v) is 7.33. The Kier molecular flexibility index (Phi) is 21.1. The van der Waals surface area contributed by atoms with Crippen molar-refractivity contribution in [3.63, 3.8) is 0 Å². The van der Waals surface area contributed by atoms with E-state index in [1.165, 1.54) is 160 Å². The lowest BCUT2D eigenvalue weighted by Gasteiger charge is -2.12. The molecule has 0 atom stereocenters. The van der Waals surface area contributed by atoms with E-state index in [0.717, 1.165) is 0 Å². The molecule has 1 aromatic rings. The molecule has 0 unspecified atom stereocenters. The molecule has 0 aliphatic carbocycles. The summed E-state index contributed by atoms with van der Waals surface area (Å²) in [7, 11) is 0. The van der Waals surface area contributed by atoms with Gasteiger partial charge < -0.3 is 0 Å². The van der Waals surface area contributed by atoms with Crippen LogP contribution in [0.25, 0.3) is 0 Å². The number of unbranched alkanes of at least 4 members (excludes halogenated alkanes) is 18. The molecule has 0 saturated heterocycles. The summed E-state index contributed by atoms with van der Waals surface area (Å²) in [6.45, 7) is 6.92. The van der Waals surface area contributed by atoms with Crippen LogP contribution in [-0.2, 0) is 19.3 Å². The van der Waals surface area contributed by atoms with Gasteiger partial charge in [0, 0.05) is 0 Å². The van der Waals surface area contributed by atoms with Gasteiger partial charge in [0.05, 0.1) is 0 Å².